The first-order valence-electron chi connectivity index (χ1n) is 11.5. The van der Waals surface area contributed by atoms with Gasteiger partial charge in [0.2, 0.25) is 0 Å². The van der Waals surface area contributed by atoms with Crippen LogP contribution < -0.4 is 16.8 Å². The van der Waals surface area contributed by atoms with Gasteiger partial charge in [0.1, 0.15) is 28.7 Å². The Morgan fingerprint density at radius 1 is 1.06 bits per heavy atom. The summed E-state index contributed by atoms with van der Waals surface area (Å²) in [6.07, 6.45) is 4.35. The third-order valence-electron chi connectivity index (χ3n) is 5.88. The van der Waals surface area contributed by atoms with Gasteiger partial charge in [0.05, 0.1) is 11.0 Å². The van der Waals surface area contributed by atoms with Crippen LogP contribution in [-0.2, 0) is 13.0 Å². The second kappa shape index (κ2) is 10.0. The Kier molecular flexibility index (Phi) is 6.90. The topological polar surface area (TPSA) is 112 Å². The number of unbranched alkanes of at least 4 members (excludes halogenated alkanes) is 2. The van der Waals surface area contributed by atoms with Gasteiger partial charge in [-0.25, -0.2) is 18.7 Å². The first kappa shape index (κ1) is 23.4. The smallest absolute Gasteiger partial charge is 0.251 e. The lowest BCUT2D eigenvalue weighted by atomic mass is 10.1. The van der Waals surface area contributed by atoms with E-state index in [1.165, 1.54) is 0 Å². The molecule has 1 amide bonds. The number of para-hydroxylation sites is 1. The van der Waals surface area contributed by atoms with Crippen LogP contribution in [0.3, 0.4) is 0 Å². The Hall–Kier alpha value is -3.75. The van der Waals surface area contributed by atoms with Crippen molar-refractivity contribution in [1.29, 1.82) is 0 Å². The summed E-state index contributed by atoms with van der Waals surface area (Å²) in [6, 6.07) is 9.75. The molecular weight excluding hydrogens is 438 g/mol. The third kappa shape index (κ3) is 4.64. The maximum atomic E-state index is 13.6. The maximum Gasteiger partial charge on any atom is 0.251 e. The van der Waals surface area contributed by atoms with Gasteiger partial charge in [-0.1, -0.05) is 31.5 Å². The number of nitrogens with one attached hydrogen (secondary N) is 1. The van der Waals surface area contributed by atoms with Crippen molar-refractivity contribution in [2.75, 3.05) is 18.0 Å². The van der Waals surface area contributed by atoms with E-state index in [2.05, 4.69) is 21.8 Å². The number of fused-ring (bicyclic) bond motifs is 3. The number of aromatic nitrogens is 3. The van der Waals surface area contributed by atoms with Crippen LogP contribution in [0.5, 0.6) is 0 Å². The molecule has 4 aromatic rings. The maximum absolute atomic E-state index is 13.6. The molecule has 0 bridgehead atoms. The molecule has 0 spiro atoms. The Morgan fingerprint density at radius 2 is 1.79 bits per heavy atom. The lowest BCUT2D eigenvalue weighted by molar-refractivity contribution is 0.0952. The average Bonchev–Trinajstić information content (AvgIpc) is 3.19. The van der Waals surface area contributed by atoms with Crippen molar-refractivity contribution < 1.29 is 13.6 Å². The number of anilines is 2. The minimum absolute atomic E-state index is 0.0962. The summed E-state index contributed by atoms with van der Waals surface area (Å²) < 4.78 is 29.5. The van der Waals surface area contributed by atoms with Crippen LogP contribution in [0.2, 0.25) is 0 Å². The van der Waals surface area contributed by atoms with Crippen molar-refractivity contribution >= 4 is 39.3 Å². The van der Waals surface area contributed by atoms with E-state index < -0.39 is 23.2 Å². The van der Waals surface area contributed by atoms with Gasteiger partial charge in [0, 0.05) is 30.5 Å². The number of aryl methyl sites for hydroxylation is 2. The predicted octanol–water partition coefficient (Wildman–Crippen LogP) is 4.58. The molecule has 178 valence electrons. The van der Waals surface area contributed by atoms with Crippen LogP contribution in [0.4, 0.5) is 20.3 Å². The van der Waals surface area contributed by atoms with Gasteiger partial charge in [-0.2, -0.15) is 0 Å². The van der Waals surface area contributed by atoms with E-state index in [4.69, 9.17) is 16.5 Å². The van der Waals surface area contributed by atoms with Crippen molar-refractivity contribution in [1.82, 2.24) is 19.9 Å². The highest BCUT2D eigenvalue weighted by atomic mass is 19.1. The van der Waals surface area contributed by atoms with Gasteiger partial charge in [0.25, 0.3) is 5.91 Å². The number of amides is 1. The molecule has 2 aromatic heterocycles. The van der Waals surface area contributed by atoms with E-state index in [9.17, 15) is 13.6 Å². The minimum Gasteiger partial charge on any atom is -0.394 e. The van der Waals surface area contributed by atoms with Crippen molar-refractivity contribution in [3.05, 3.63) is 59.4 Å². The van der Waals surface area contributed by atoms with Gasteiger partial charge < -0.3 is 21.4 Å². The molecule has 0 atom stereocenters. The van der Waals surface area contributed by atoms with Crippen LogP contribution in [0.15, 0.2) is 36.4 Å². The molecule has 2 heterocycles. The van der Waals surface area contributed by atoms with Crippen LogP contribution in [0, 0.1) is 11.6 Å². The number of pyridine rings is 1. The molecule has 7 nitrogen and oxygen atoms in total. The summed E-state index contributed by atoms with van der Waals surface area (Å²) in [5.74, 6) is -1.05. The van der Waals surface area contributed by atoms with Gasteiger partial charge in [-0.05, 0) is 37.5 Å². The second-order valence-corrected chi connectivity index (χ2v) is 8.31. The zero-order valence-electron chi connectivity index (χ0n) is 19.1. The van der Waals surface area contributed by atoms with E-state index in [-0.39, 0.29) is 5.56 Å². The number of rotatable bonds is 9. The fraction of sp³-hybridized carbons (Fsp3) is 0.320. The Balaban J connectivity index is 1.48. The van der Waals surface area contributed by atoms with Crippen LogP contribution in [0.1, 0.15) is 48.8 Å². The lowest BCUT2D eigenvalue weighted by Crippen LogP contribution is -2.25. The summed E-state index contributed by atoms with van der Waals surface area (Å²) in [7, 11) is 0. The van der Waals surface area contributed by atoms with E-state index in [0.29, 0.717) is 30.8 Å². The molecule has 0 radical (unpaired) electrons. The number of carbonyl (C=O) groups excluding carboxylic acids is 1. The summed E-state index contributed by atoms with van der Waals surface area (Å²) >= 11 is 0. The van der Waals surface area contributed by atoms with Crippen molar-refractivity contribution in [3.8, 4) is 0 Å². The number of carbonyl (C=O) groups is 1. The quantitative estimate of drug-likeness (QED) is 0.247. The number of benzene rings is 2. The van der Waals surface area contributed by atoms with E-state index >= 15 is 0 Å². The van der Waals surface area contributed by atoms with Gasteiger partial charge in [-0.3, -0.25) is 4.79 Å². The third-order valence-corrected chi connectivity index (χ3v) is 5.88. The highest BCUT2D eigenvalue weighted by molar-refractivity contribution is 6.06. The highest BCUT2D eigenvalue weighted by Crippen LogP contribution is 2.29. The number of nitrogens with two attached hydrogens (primary N) is 2. The predicted molar refractivity (Wildman–Crippen MR) is 130 cm³/mol. The zero-order valence-corrected chi connectivity index (χ0v) is 19.1. The number of halogens is 2. The Labute approximate surface area is 196 Å². The number of nitrogen functional groups attached to an aromatic ring is 2. The fourth-order valence-electron chi connectivity index (χ4n) is 4.09. The molecule has 5 N–H and O–H groups in total. The standard InChI is InChI=1S/C25H28F2N6O/c1-2-3-10-20-32-22-23(16-8-4-5-9-19(16)31-24(22)29)33(20)12-7-6-11-30-25(34)15-13-17(26)21(28)18(27)14-15/h4-5,8-9,13-14H,2-3,6-7,10-12,28H2,1H3,(H2,29,31)(H,30,34). The largest absolute Gasteiger partial charge is 0.394 e. The Morgan fingerprint density at radius 3 is 2.53 bits per heavy atom. The number of hydrogen-bond acceptors (Lipinski definition) is 5. The van der Waals surface area contributed by atoms with Crippen LogP contribution in [-0.4, -0.2) is 27.0 Å². The summed E-state index contributed by atoms with van der Waals surface area (Å²) in [6.45, 7) is 3.21. The molecule has 9 heteroatoms. The lowest BCUT2D eigenvalue weighted by Gasteiger charge is -2.11. The molecule has 0 saturated carbocycles. The van der Waals surface area contributed by atoms with Gasteiger partial charge >= 0.3 is 0 Å². The normalized spacial score (nSPS) is 11.4. The Bertz CT molecular complexity index is 1330. The van der Waals surface area contributed by atoms with E-state index in [1.54, 1.807) is 0 Å². The number of imidazole rings is 1. The summed E-state index contributed by atoms with van der Waals surface area (Å²) in [4.78, 5) is 21.6. The monoisotopic (exact) mass is 466 g/mol. The molecule has 0 saturated heterocycles. The van der Waals surface area contributed by atoms with Crippen molar-refractivity contribution in [2.24, 2.45) is 0 Å². The molecule has 0 aliphatic carbocycles. The first-order chi connectivity index (χ1) is 16.4. The average molecular weight is 467 g/mol. The molecule has 0 unspecified atom stereocenters. The summed E-state index contributed by atoms with van der Waals surface area (Å²) in [5, 5.41) is 3.71. The number of nitrogens with zero attached hydrogens (tertiary/aromatic N) is 3. The van der Waals surface area contributed by atoms with Crippen molar-refractivity contribution in [3.63, 3.8) is 0 Å². The molecule has 4 rings (SSSR count). The first-order valence-corrected chi connectivity index (χ1v) is 11.5. The molecule has 0 fully saturated rings. The molecule has 34 heavy (non-hydrogen) atoms. The second-order valence-electron chi connectivity index (χ2n) is 8.31. The van der Waals surface area contributed by atoms with Gasteiger partial charge in [0.15, 0.2) is 5.82 Å². The van der Waals surface area contributed by atoms with Gasteiger partial charge in [-0.15, -0.1) is 0 Å². The van der Waals surface area contributed by atoms with Crippen LogP contribution >= 0.6 is 0 Å². The van der Waals surface area contributed by atoms with E-state index in [0.717, 1.165) is 60.1 Å². The van der Waals surface area contributed by atoms with Crippen LogP contribution in [0.25, 0.3) is 21.9 Å². The molecular formula is C25H28F2N6O. The van der Waals surface area contributed by atoms with E-state index in [1.807, 2.05) is 24.3 Å². The fourth-order valence-corrected chi connectivity index (χ4v) is 4.09. The molecule has 0 aliphatic heterocycles. The summed E-state index contributed by atoms with van der Waals surface area (Å²) in [5.41, 5.74) is 13.3. The SMILES string of the molecule is CCCCc1nc2c(N)nc3ccccc3c2n1CCCCNC(=O)c1cc(F)c(N)c(F)c1. The molecule has 0 aliphatic rings. The number of hydrogen-bond donors (Lipinski definition) is 3. The highest BCUT2D eigenvalue weighted by Gasteiger charge is 2.17. The molecule has 2 aromatic carbocycles. The zero-order chi connectivity index (χ0) is 24.2. The van der Waals surface area contributed by atoms with Crippen molar-refractivity contribution in [2.45, 2.75) is 45.6 Å². The minimum atomic E-state index is -0.947.